The fourth-order valence-corrected chi connectivity index (χ4v) is 4.49. The zero-order valence-corrected chi connectivity index (χ0v) is 16.1. The fraction of sp³-hybridized carbons (Fsp3) is 0.588. The van der Waals surface area contributed by atoms with Crippen LogP contribution >= 0.6 is 11.6 Å². The fourth-order valence-electron chi connectivity index (χ4n) is 2.91. The SMILES string of the molecule is CCCS(=O)(=O)NC1CCN(CCC(=O)Nc2cccc(Cl)c2)CC1. The molecule has 1 saturated heterocycles. The van der Waals surface area contributed by atoms with Crippen LogP contribution in [0.2, 0.25) is 5.02 Å². The van der Waals surface area contributed by atoms with Crippen LogP contribution in [0.4, 0.5) is 5.69 Å². The van der Waals surface area contributed by atoms with Gasteiger partial charge in [-0.05, 0) is 50.6 Å². The van der Waals surface area contributed by atoms with Gasteiger partial charge in [-0.15, -0.1) is 0 Å². The highest BCUT2D eigenvalue weighted by molar-refractivity contribution is 7.89. The van der Waals surface area contributed by atoms with Crippen LogP contribution < -0.4 is 10.0 Å². The molecule has 0 bridgehead atoms. The molecule has 0 saturated carbocycles. The molecule has 1 heterocycles. The number of amides is 1. The molecule has 0 radical (unpaired) electrons. The van der Waals surface area contributed by atoms with E-state index in [0.29, 0.717) is 30.1 Å². The van der Waals surface area contributed by atoms with E-state index in [-0.39, 0.29) is 17.7 Å². The standard InChI is InChI=1S/C17H26ClN3O3S/c1-2-12-25(23,24)20-15-6-9-21(10-7-15)11-8-17(22)19-16-5-3-4-14(18)13-16/h3-5,13,15,20H,2,6-12H2,1H3,(H,19,22). The molecular formula is C17H26ClN3O3S. The lowest BCUT2D eigenvalue weighted by atomic mass is 10.1. The second-order valence-corrected chi connectivity index (χ2v) is 8.67. The Morgan fingerprint density at radius 1 is 1.32 bits per heavy atom. The number of halogens is 1. The molecule has 1 fully saturated rings. The summed E-state index contributed by atoms with van der Waals surface area (Å²) in [6.07, 6.45) is 2.58. The Balaban J connectivity index is 1.69. The summed E-state index contributed by atoms with van der Waals surface area (Å²) in [5.41, 5.74) is 0.696. The number of rotatable bonds is 8. The van der Waals surface area contributed by atoms with Crippen LogP contribution in [0.5, 0.6) is 0 Å². The first-order chi connectivity index (χ1) is 11.9. The topological polar surface area (TPSA) is 78.5 Å². The number of likely N-dealkylation sites (tertiary alicyclic amines) is 1. The Labute approximate surface area is 155 Å². The molecular weight excluding hydrogens is 362 g/mol. The summed E-state index contributed by atoms with van der Waals surface area (Å²) < 4.78 is 26.4. The number of nitrogens with zero attached hydrogens (tertiary/aromatic N) is 1. The minimum absolute atomic E-state index is 0.00749. The van der Waals surface area contributed by atoms with Gasteiger partial charge in [0, 0.05) is 29.7 Å². The van der Waals surface area contributed by atoms with E-state index >= 15 is 0 Å². The molecule has 1 aromatic carbocycles. The van der Waals surface area contributed by atoms with Crippen molar-refractivity contribution in [2.24, 2.45) is 0 Å². The van der Waals surface area contributed by atoms with Crippen LogP contribution in [0.25, 0.3) is 0 Å². The Kier molecular flexibility index (Phi) is 7.68. The average molecular weight is 388 g/mol. The third-order valence-electron chi connectivity index (χ3n) is 4.17. The Morgan fingerprint density at radius 3 is 2.68 bits per heavy atom. The molecule has 1 aromatic rings. The molecule has 6 nitrogen and oxygen atoms in total. The van der Waals surface area contributed by atoms with Gasteiger partial charge in [0.25, 0.3) is 0 Å². The van der Waals surface area contributed by atoms with E-state index in [1.165, 1.54) is 0 Å². The highest BCUT2D eigenvalue weighted by Gasteiger charge is 2.23. The number of hydrogen-bond donors (Lipinski definition) is 2. The number of nitrogens with one attached hydrogen (secondary N) is 2. The predicted molar refractivity (Wildman–Crippen MR) is 101 cm³/mol. The maximum atomic E-state index is 12.0. The van der Waals surface area contributed by atoms with Crippen molar-refractivity contribution in [2.45, 2.75) is 38.6 Å². The quantitative estimate of drug-likeness (QED) is 0.718. The summed E-state index contributed by atoms with van der Waals surface area (Å²) in [6.45, 7) is 4.12. The molecule has 1 aliphatic rings. The van der Waals surface area contributed by atoms with Gasteiger partial charge in [0.1, 0.15) is 0 Å². The van der Waals surface area contributed by atoms with Crippen LogP contribution in [-0.2, 0) is 14.8 Å². The second kappa shape index (κ2) is 9.52. The molecule has 25 heavy (non-hydrogen) atoms. The number of benzene rings is 1. The van der Waals surface area contributed by atoms with Gasteiger partial charge < -0.3 is 10.2 Å². The Hall–Kier alpha value is -1.15. The van der Waals surface area contributed by atoms with Gasteiger partial charge in [-0.25, -0.2) is 13.1 Å². The molecule has 1 aliphatic heterocycles. The lowest BCUT2D eigenvalue weighted by molar-refractivity contribution is -0.116. The van der Waals surface area contributed by atoms with Crippen molar-refractivity contribution in [2.75, 3.05) is 30.7 Å². The van der Waals surface area contributed by atoms with E-state index in [9.17, 15) is 13.2 Å². The van der Waals surface area contributed by atoms with Gasteiger partial charge in [-0.3, -0.25) is 4.79 Å². The van der Waals surface area contributed by atoms with Crippen molar-refractivity contribution in [3.8, 4) is 0 Å². The third kappa shape index (κ3) is 7.32. The molecule has 1 amide bonds. The molecule has 140 valence electrons. The highest BCUT2D eigenvalue weighted by Crippen LogP contribution is 2.16. The number of carbonyl (C=O) groups is 1. The van der Waals surface area contributed by atoms with E-state index in [4.69, 9.17) is 11.6 Å². The zero-order chi connectivity index (χ0) is 18.3. The van der Waals surface area contributed by atoms with Crippen LogP contribution in [0.1, 0.15) is 32.6 Å². The van der Waals surface area contributed by atoms with Crippen LogP contribution in [0.15, 0.2) is 24.3 Å². The largest absolute Gasteiger partial charge is 0.326 e. The molecule has 0 aromatic heterocycles. The van der Waals surface area contributed by atoms with E-state index in [1.807, 2.05) is 6.92 Å². The summed E-state index contributed by atoms with van der Waals surface area (Å²) >= 11 is 5.90. The summed E-state index contributed by atoms with van der Waals surface area (Å²) in [6, 6.07) is 7.08. The number of hydrogen-bond acceptors (Lipinski definition) is 4. The summed E-state index contributed by atoms with van der Waals surface area (Å²) in [7, 11) is -3.16. The first kappa shape index (κ1) is 20.2. The summed E-state index contributed by atoms with van der Waals surface area (Å²) in [4.78, 5) is 14.2. The predicted octanol–water partition coefficient (Wildman–Crippen LogP) is 2.46. The van der Waals surface area contributed by atoms with Crippen LogP contribution in [0.3, 0.4) is 0 Å². The lowest BCUT2D eigenvalue weighted by Crippen LogP contribution is -2.45. The van der Waals surface area contributed by atoms with Gasteiger partial charge >= 0.3 is 0 Å². The maximum Gasteiger partial charge on any atom is 0.225 e. The second-order valence-electron chi connectivity index (χ2n) is 6.36. The van der Waals surface area contributed by atoms with Crippen LogP contribution in [0, 0.1) is 0 Å². The Morgan fingerprint density at radius 2 is 2.04 bits per heavy atom. The minimum Gasteiger partial charge on any atom is -0.326 e. The average Bonchev–Trinajstić information content (AvgIpc) is 2.54. The van der Waals surface area contributed by atoms with E-state index in [2.05, 4.69) is 14.9 Å². The summed E-state index contributed by atoms with van der Waals surface area (Å²) in [5, 5.41) is 3.42. The van der Waals surface area contributed by atoms with Gasteiger partial charge in [-0.1, -0.05) is 24.6 Å². The molecule has 0 unspecified atom stereocenters. The first-order valence-electron chi connectivity index (χ1n) is 8.66. The zero-order valence-electron chi connectivity index (χ0n) is 14.5. The van der Waals surface area contributed by atoms with Crippen molar-refractivity contribution in [3.05, 3.63) is 29.3 Å². The highest BCUT2D eigenvalue weighted by atomic mass is 35.5. The minimum atomic E-state index is -3.16. The number of anilines is 1. The molecule has 2 rings (SSSR count). The van der Waals surface area contributed by atoms with Gasteiger partial charge in [0.05, 0.1) is 5.75 Å². The summed E-state index contributed by atoms with van der Waals surface area (Å²) in [5.74, 6) is 0.129. The van der Waals surface area contributed by atoms with Crippen LogP contribution in [-0.4, -0.2) is 50.7 Å². The molecule has 2 N–H and O–H groups in total. The smallest absolute Gasteiger partial charge is 0.225 e. The molecule has 8 heteroatoms. The number of sulfonamides is 1. The normalized spacial score (nSPS) is 16.7. The van der Waals surface area contributed by atoms with E-state index in [1.54, 1.807) is 24.3 Å². The monoisotopic (exact) mass is 387 g/mol. The van der Waals surface area contributed by atoms with Crippen molar-refractivity contribution < 1.29 is 13.2 Å². The third-order valence-corrected chi connectivity index (χ3v) is 6.04. The van der Waals surface area contributed by atoms with E-state index < -0.39 is 10.0 Å². The Bertz CT molecular complexity index is 673. The first-order valence-corrected chi connectivity index (χ1v) is 10.7. The number of carbonyl (C=O) groups excluding carboxylic acids is 1. The van der Waals surface area contributed by atoms with Gasteiger partial charge in [-0.2, -0.15) is 0 Å². The van der Waals surface area contributed by atoms with Crippen molar-refractivity contribution >= 4 is 33.2 Å². The lowest BCUT2D eigenvalue weighted by Gasteiger charge is -2.32. The number of piperidine rings is 1. The molecule has 0 aliphatic carbocycles. The van der Waals surface area contributed by atoms with Gasteiger partial charge in [0.2, 0.25) is 15.9 Å². The van der Waals surface area contributed by atoms with Crippen molar-refractivity contribution in [1.82, 2.24) is 9.62 Å². The molecule has 0 atom stereocenters. The van der Waals surface area contributed by atoms with Gasteiger partial charge in [0.15, 0.2) is 0 Å². The van der Waals surface area contributed by atoms with Crippen molar-refractivity contribution in [1.29, 1.82) is 0 Å². The van der Waals surface area contributed by atoms with E-state index in [0.717, 1.165) is 25.9 Å². The maximum absolute atomic E-state index is 12.0. The molecule has 0 spiro atoms. The van der Waals surface area contributed by atoms with Crippen molar-refractivity contribution in [3.63, 3.8) is 0 Å².